The van der Waals surface area contributed by atoms with E-state index in [1.807, 2.05) is 0 Å². The van der Waals surface area contributed by atoms with Gasteiger partial charge in [0.25, 0.3) is 6.43 Å². The fraction of sp³-hybridized carbons (Fsp3) is 0.889. The molecule has 0 rings (SSSR count). The molecule has 0 aromatic carbocycles. The van der Waals surface area contributed by atoms with Gasteiger partial charge in [-0.25, -0.2) is 39.9 Å². The Balaban J connectivity index is 5.16. The molecule has 120 valence electrons. The lowest BCUT2D eigenvalue weighted by molar-refractivity contribution is 0.108. The number of sulfonamides is 2. The molecule has 7 nitrogen and oxygen atoms in total. The van der Waals surface area contributed by atoms with Crippen LogP contribution in [0.15, 0.2) is 0 Å². The van der Waals surface area contributed by atoms with E-state index in [9.17, 15) is 30.4 Å². The first-order chi connectivity index (χ1) is 8.54. The highest BCUT2D eigenvalue weighted by Crippen LogP contribution is 2.23. The molecule has 0 aliphatic rings. The highest BCUT2D eigenvalue weighted by molar-refractivity contribution is 7.92. The van der Waals surface area contributed by atoms with Crippen LogP contribution in [0.25, 0.3) is 0 Å². The van der Waals surface area contributed by atoms with Crippen LogP contribution in [0.2, 0.25) is 0 Å². The highest BCUT2D eigenvalue weighted by Gasteiger charge is 2.45. The van der Waals surface area contributed by atoms with Crippen LogP contribution in [0.5, 0.6) is 0 Å². The number of nitrogens with one attached hydrogen (secondary N) is 2. The smallest absolute Gasteiger partial charge is 0.247 e. The Hall–Kier alpha value is -0.970. The molecule has 0 aliphatic carbocycles. The summed E-state index contributed by atoms with van der Waals surface area (Å²) in [6.45, 7) is 5.26. The molecule has 0 heterocycles. The van der Waals surface area contributed by atoms with E-state index in [2.05, 4.69) is 0 Å². The van der Waals surface area contributed by atoms with Crippen LogP contribution in [0.3, 0.4) is 0 Å². The van der Waals surface area contributed by atoms with Gasteiger partial charge in [-0.05, 0) is 34.6 Å². The topological polar surface area (TPSA) is 109 Å². The number of carbonyl (C=O) groups is 1. The van der Waals surface area contributed by atoms with Gasteiger partial charge in [0.2, 0.25) is 20.0 Å². The molecular weight excluding hydrogens is 318 g/mol. The van der Waals surface area contributed by atoms with E-state index in [1.165, 1.54) is 30.2 Å². The van der Waals surface area contributed by atoms with Gasteiger partial charge in [0.1, 0.15) is 4.75 Å². The van der Waals surface area contributed by atoms with Crippen molar-refractivity contribution in [1.82, 2.24) is 9.44 Å². The minimum atomic E-state index is -4.75. The number of amides is 2. The summed E-state index contributed by atoms with van der Waals surface area (Å²) in [7, 11) is -8.90. The normalized spacial score (nSPS) is 14.2. The first-order valence-electron chi connectivity index (χ1n) is 5.41. The Morgan fingerprint density at radius 2 is 1.25 bits per heavy atom. The van der Waals surface area contributed by atoms with Crippen LogP contribution in [0, 0.1) is 0 Å². The molecule has 0 saturated carbocycles. The molecule has 0 atom stereocenters. The number of halogens is 2. The summed E-state index contributed by atoms with van der Waals surface area (Å²) in [5, 5.41) is 0. The van der Waals surface area contributed by atoms with Gasteiger partial charge < -0.3 is 0 Å². The molecule has 0 fully saturated rings. The largest absolute Gasteiger partial charge is 0.342 e. The van der Waals surface area contributed by atoms with Gasteiger partial charge >= 0.3 is 6.03 Å². The van der Waals surface area contributed by atoms with Crippen LogP contribution >= 0.6 is 0 Å². The van der Waals surface area contributed by atoms with Gasteiger partial charge in [-0.15, -0.1) is 0 Å². The predicted octanol–water partition coefficient (Wildman–Crippen LogP) is 0.787. The molecule has 0 aromatic rings. The molecule has 0 spiro atoms. The minimum Gasteiger partial charge on any atom is -0.247 e. The van der Waals surface area contributed by atoms with Gasteiger partial charge in [-0.1, -0.05) is 0 Å². The molecule has 0 unspecified atom stereocenters. The summed E-state index contributed by atoms with van der Waals surface area (Å²) < 4.78 is 70.5. The fourth-order valence-electron chi connectivity index (χ4n) is 0.667. The Labute approximate surface area is 117 Å². The van der Waals surface area contributed by atoms with E-state index < -0.39 is 42.0 Å². The van der Waals surface area contributed by atoms with Gasteiger partial charge in [0.15, 0.2) is 0 Å². The summed E-state index contributed by atoms with van der Waals surface area (Å²) in [4.78, 5) is 11.4. The molecule has 2 amide bonds. The van der Waals surface area contributed by atoms with E-state index in [4.69, 9.17) is 0 Å². The molecule has 0 aromatic heterocycles. The van der Waals surface area contributed by atoms with Gasteiger partial charge in [0.05, 0.1) is 4.75 Å². The maximum Gasteiger partial charge on any atom is 0.342 e. The van der Waals surface area contributed by atoms with Crippen LogP contribution in [0.4, 0.5) is 13.6 Å². The van der Waals surface area contributed by atoms with E-state index in [0.717, 1.165) is 0 Å². The maximum atomic E-state index is 12.6. The molecule has 20 heavy (non-hydrogen) atoms. The van der Waals surface area contributed by atoms with E-state index in [-0.39, 0.29) is 0 Å². The van der Waals surface area contributed by atoms with E-state index >= 15 is 0 Å². The van der Waals surface area contributed by atoms with Crippen molar-refractivity contribution in [2.45, 2.75) is 50.5 Å². The van der Waals surface area contributed by atoms with Crippen LogP contribution in [-0.4, -0.2) is 38.8 Å². The van der Waals surface area contributed by atoms with Crippen LogP contribution < -0.4 is 9.44 Å². The number of hydrogen-bond donors (Lipinski definition) is 2. The standard InChI is InChI=1S/C9H18F2N2O5S2/c1-8(2,3)19(15,16)12-7(14)13-20(17,18)9(4,5)6(10)11/h6H,1-5H3,(H2,12,13,14). The zero-order chi connectivity index (χ0) is 16.6. The van der Waals surface area contributed by atoms with E-state index in [1.54, 1.807) is 0 Å². The Kier molecular flexibility index (Phi) is 5.17. The second-order valence-electron chi connectivity index (χ2n) is 5.56. The summed E-state index contributed by atoms with van der Waals surface area (Å²) in [6, 6.07) is -1.60. The van der Waals surface area contributed by atoms with Crippen molar-refractivity contribution in [3.8, 4) is 0 Å². The van der Waals surface area contributed by atoms with Crippen molar-refractivity contribution >= 4 is 26.1 Å². The molecule has 0 bridgehead atoms. The Bertz CT molecular complexity index is 576. The minimum absolute atomic E-state index is 0.714. The molecule has 0 saturated heterocycles. The second-order valence-corrected chi connectivity index (χ2v) is 10.3. The number of carbonyl (C=O) groups excluding carboxylic acids is 1. The van der Waals surface area contributed by atoms with Crippen LogP contribution in [0.1, 0.15) is 34.6 Å². The van der Waals surface area contributed by atoms with Crippen molar-refractivity contribution in [3.05, 3.63) is 0 Å². The lowest BCUT2D eigenvalue weighted by Gasteiger charge is -2.25. The molecule has 0 radical (unpaired) electrons. The predicted molar refractivity (Wildman–Crippen MR) is 69.3 cm³/mol. The van der Waals surface area contributed by atoms with Crippen LogP contribution in [-0.2, 0) is 20.0 Å². The Morgan fingerprint density at radius 3 is 1.55 bits per heavy atom. The van der Waals surface area contributed by atoms with Crippen molar-refractivity contribution in [2.75, 3.05) is 0 Å². The second kappa shape index (κ2) is 5.43. The van der Waals surface area contributed by atoms with Gasteiger partial charge in [-0.2, -0.15) is 0 Å². The monoisotopic (exact) mass is 336 g/mol. The molecule has 0 aliphatic heterocycles. The van der Waals surface area contributed by atoms with Crippen molar-refractivity contribution < 1.29 is 30.4 Å². The fourth-order valence-corrected chi connectivity index (χ4v) is 2.13. The highest BCUT2D eigenvalue weighted by atomic mass is 32.2. The van der Waals surface area contributed by atoms with Gasteiger partial charge in [-0.3, -0.25) is 0 Å². The average molecular weight is 336 g/mol. The average Bonchev–Trinajstić information content (AvgIpc) is 2.12. The van der Waals surface area contributed by atoms with Gasteiger partial charge in [0, 0.05) is 0 Å². The number of hydrogen-bond acceptors (Lipinski definition) is 5. The lowest BCUT2D eigenvalue weighted by Crippen LogP contribution is -2.54. The summed E-state index contributed by atoms with van der Waals surface area (Å²) in [5.74, 6) is 0. The molecule has 2 N–H and O–H groups in total. The summed E-state index contributed by atoms with van der Waals surface area (Å²) in [5.41, 5.74) is 0. The quantitative estimate of drug-likeness (QED) is 0.789. The zero-order valence-electron chi connectivity index (χ0n) is 11.7. The third-order valence-electron chi connectivity index (χ3n) is 2.48. The van der Waals surface area contributed by atoms with E-state index in [0.29, 0.717) is 13.8 Å². The maximum absolute atomic E-state index is 12.6. The number of urea groups is 1. The SMILES string of the molecule is CC(C)(C)S(=O)(=O)NC(=O)NS(=O)(=O)C(C)(C)C(F)F. The Morgan fingerprint density at radius 1 is 0.900 bits per heavy atom. The summed E-state index contributed by atoms with van der Waals surface area (Å²) in [6.07, 6.45) is -3.26. The van der Waals surface area contributed by atoms with Crippen molar-refractivity contribution in [3.63, 3.8) is 0 Å². The third-order valence-corrected chi connectivity index (χ3v) is 6.56. The van der Waals surface area contributed by atoms with Crippen molar-refractivity contribution in [1.29, 1.82) is 0 Å². The first-order valence-corrected chi connectivity index (χ1v) is 8.38. The number of rotatable bonds is 4. The molecule has 11 heteroatoms. The number of alkyl halides is 2. The lowest BCUT2D eigenvalue weighted by atomic mass is 10.2. The first kappa shape index (κ1) is 19.0. The molecular formula is C9H18F2N2O5S2. The summed E-state index contributed by atoms with van der Waals surface area (Å²) >= 11 is 0. The third kappa shape index (κ3) is 4.01. The van der Waals surface area contributed by atoms with Crippen molar-refractivity contribution in [2.24, 2.45) is 0 Å². The zero-order valence-corrected chi connectivity index (χ0v) is 13.3.